The average molecular weight is 593 g/mol. The van der Waals surface area contributed by atoms with Gasteiger partial charge in [0.1, 0.15) is 18.4 Å². The number of hydrogen-bond donors (Lipinski definition) is 2. The molecule has 2 atom stereocenters. The summed E-state index contributed by atoms with van der Waals surface area (Å²) in [5.41, 5.74) is 4.22. The molecule has 38 heavy (non-hydrogen) atoms. The molecular weight excluding hydrogens is 566 g/mol. The lowest BCUT2D eigenvalue weighted by Gasteiger charge is -2.29. The van der Waals surface area contributed by atoms with Crippen molar-refractivity contribution in [2.75, 3.05) is 31.0 Å². The Labute approximate surface area is 234 Å². The standard InChI is InChI=1S/C28H26BrN5O3S/c1-36-17-25(35)31-22-16-20(11-12-24(22)37-2)34-27(26(32-28(34)38)21-9-3-4-13-30-21)23-10-6-14-33(23)19-8-5-7-18(29)15-19/h3-16,26-27H,17H2,1-2H3,(H,31,35)(H,32,38)/t26-,27-/m1/s1. The molecule has 1 amide bonds. The van der Waals surface area contributed by atoms with Crippen molar-refractivity contribution in [3.63, 3.8) is 0 Å². The zero-order chi connectivity index (χ0) is 26.6. The number of amides is 1. The molecule has 0 radical (unpaired) electrons. The number of halogens is 1. The van der Waals surface area contributed by atoms with Gasteiger partial charge in [0.25, 0.3) is 0 Å². The van der Waals surface area contributed by atoms with E-state index in [-0.39, 0.29) is 24.6 Å². The number of carbonyl (C=O) groups is 1. The molecule has 0 bridgehead atoms. The fourth-order valence-corrected chi connectivity index (χ4v) is 5.42. The Morgan fingerprint density at radius 3 is 2.68 bits per heavy atom. The lowest BCUT2D eigenvalue weighted by atomic mass is 10.0. The monoisotopic (exact) mass is 591 g/mol. The second kappa shape index (κ2) is 11.3. The van der Waals surface area contributed by atoms with Gasteiger partial charge in [-0.05, 0) is 72.9 Å². The summed E-state index contributed by atoms with van der Waals surface area (Å²) >= 11 is 9.49. The molecule has 0 spiro atoms. The Kier molecular flexibility index (Phi) is 7.73. The Morgan fingerprint density at radius 2 is 1.95 bits per heavy atom. The van der Waals surface area contributed by atoms with Crippen molar-refractivity contribution in [2.45, 2.75) is 12.1 Å². The smallest absolute Gasteiger partial charge is 0.250 e. The zero-order valence-corrected chi connectivity index (χ0v) is 23.2. The number of ether oxygens (including phenoxy) is 2. The molecule has 194 valence electrons. The van der Waals surface area contributed by atoms with Crippen LogP contribution in [0, 0.1) is 0 Å². The summed E-state index contributed by atoms with van der Waals surface area (Å²) in [7, 11) is 3.04. The molecule has 3 heterocycles. The van der Waals surface area contributed by atoms with E-state index in [1.54, 1.807) is 13.3 Å². The number of methoxy groups -OCH3 is 2. The Bertz CT molecular complexity index is 1460. The summed E-state index contributed by atoms with van der Waals surface area (Å²) in [5.74, 6) is 0.253. The summed E-state index contributed by atoms with van der Waals surface area (Å²) < 4.78 is 13.6. The molecule has 1 aliphatic rings. The number of pyridine rings is 1. The number of nitrogens with one attached hydrogen (secondary N) is 2. The lowest BCUT2D eigenvalue weighted by molar-refractivity contribution is -0.119. The van der Waals surface area contributed by atoms with Crippen molar-refractivity contribution >= 4 is 50.5 Å². The molecule has 8 nitrogen and oxygen atoms in total. The first-order valence-corrected chi connectivity index (χ1v) is 13.1. The molecule has 4 aromatic rings. The van der Waals surface area contributed by atoms with Gasteiger partial charge < -0.3 is 29.6 Å². The second-order valence-corrected chi connectivity index (χ2v) is 9.95. The third-order valence-electron chi connectivity index (χ3n) is 6.28. The van der Waals surface area contributed by atoms with E-state index in [4.69, 9.17) is 21.7 Å². The van der Waals surface area contributed by atoms with Crippen LogP contribution in [-0.2, 0) is 9.53 Å². The largest absolute Gasteiger partial charge is 0.495 e. The van der Waals surface area contributed by atoms with E-state index < -0.39 is 0 Å². The SMILES string of the molecule is COCC(=O)Nc1cc(N2C(=S)N[C@H](c3ccccn3)[C@H]2c2cccn2-c2cccc(Br)c2)ccc1OC. The third-order valence-corrected chi connectivity index (χ3v) is 7.09. The predicted octanol–water partition coefficient (Wildman–Crippen LogP) is 5.41. The predicted molar refractivity (Wildman–Crippen MR) is 155 cm³/mol. The van der Waals surface area contributed by atoms with Crippen molar-refractivity contribution in [2.24, 2.45) is 0 Å². The van der Waals surface area contributed by atoms with Crippen molar-refractivity contribution in [1.82, 2.24) is 14.9 Å². The first-order valence-electron chi connectivity index (χ1n) is 11.9. The number of thiocarbonyl (C=S) groups is 1. The van der Waals surface area contributed by atoms with E-state index in [0.717, 1.165) is 27.2 Å². The Balaban J connectivity index is 1.63. The van der Waals surface area contributed by atoms with Gasteiger partial charge in [-0.15, -0.1) is 0 Å². The fraction of sp³-hybridized carbons (Fsp3) is 0.179. The molecule has 2 aromatic carbocycles. The molecule has 0 saturated carbocycles. The quantitative estimate of drug-likeness (QED) is 0.265. The van der Waals surface area contributed by atoms with Crippen molar-refractivity contribution in [1.29, 1.82) is 0 Å². The molecule has 2 N–H and O–H groups in total. The van der Waals surface area contributed by atoms with Crippen molar-refractivity contribution in [3.8, 4) is 11.4 Å². The van der Waals surface area contributed by atoms with E-state index in [2.05, 4.69) is 59.2 Å². The number of nitrogens with zero attached hydrogens (tertiary/aromatic N) is 3. The molecule has 5 rings (SSSR count). The molecule has 0 aliphatic carbocycles. The highest BCUT2D eigenvalue weighted by molar-refractivity contribution is 9.10. The minimum absolute atomic E-state index is 0.0679. The molecule has 10 heteroatoms. The molecule has 2 aromatic heterocycles. The summed E-state index contributed by atoms with van der Waals surface area (Å²) in [6.45, 7) is -0.0679. The van der Waals surface area contributed by atoms with E-state index in [0.29, 0.717) is 16.5 Å². The van der Waals surface area contributed by atoms with Gasteiger partial charge in [0.15, 0.2) is 5.11 Å². The van der Waals surface area contributed by atoms with Crippen LogP contribution in [0.5, 0.6) is 5.75 Å². The highest BCUT2D eigenvalue weighted by atomic mass is 79.9. The van der Waals surface area contributed by atoms with Crippen LogP contribution in [0.4, 0.5) is 11.4 Å². The van der Waals surface area contributed by atoms with Crippen LogP contribution < -0.4 is 20.3 Å². The summed E-state index contributed by atoms with van der Waals surface area (Å²) in [6.07, 6.45) is 3.82. The van der Waals surface area contributed by atoms with Crippen molar-refractivity contribution in [3.05, 3.63) is 101 Å². The number of carbonyl (C=O) groups excluding carboxylic acids is 1. The van der Waals surface area contributed by atoms with Gasteiger partial charge in [-0.1, -0.05) is 28.1 Å². The number of rotatable bonds is 8. The van der Waals surface area contributed by atoms with Crippen LogP contribution in [0.15, 0.2) is 89.7 Å². The zero-order valence-electron chi connectivity index (χ0n) is 20.8. The maximum atomic E-state index is 12.3. The first kappa shape index (κ1) is 25.9. The minimum atomic E-state index is -0.281. The van der Waals surface area contributed by atoms with Crippen LogP contribution >= 0.6 is 28.1 Å². The number of aromatic nitrogens is 2. The molecular formula is C28H26BrN5O3S. The first-order chi connectivity index (χ1) is 18.5. The maximum absolute atomic E-state index is 12.3. The highest BCUT2D eigenvalue weighted by Crippen LogP contribution is 2.43. The lowest BCUT2D eigenvalue weighted by Crippen LogP contribution is -2.30. The average Bonchev–Trinajstić information content (AvgIpc) is 3.53. The van der Waals surface area contributed by atoms with Gasteiger partial charge in [0, 0.05) is 41.0 Å². The van der Waals surface area contributed by atoms with Crippen LogP contribution in [0.3, 0.4) is 0 Å². The second-order valence-electron chi connectivity index (χ2n) is 8.65. The van der Waals surface area contributed by atoms with Gasteiger partial charge in [-0.2, -0.15) is 0 Å². The number of anilines is 2. The van der Waals surface area contributed by atoms with Gasteiger partial charge >= 0.3 is 0 Å². The van der Waals surface area contributed by atoms with E-state index in [1.807, 2.05) is 60.8 Å². The van der Waals surface area contributed by atoms with Gasteiger partial charge in [0.2, 0.25) is 5.91 Å². The van der Waals surface area contributed by atoms with Gasteiger partial charge in [-0.3, -0.25) is 9.78 Å². The van der Waals surface area contributed by atoms with Crippen LogP contribution in [-0.4, -0.2) is 41.4 Å². The van der Waals surface area contributed by atoms with E-state index >= 15 is 0 Å². The molecule has 1 aliphatic heterocycles. The van der Waals surface area contributed by atoms with Crippen LogP contribution in [0.25, 0.3) is 5.69 Å². The maximum Gasteiger partial charge on any atom is 0.250 e. The summed E-state index contributed by atoms with van der Waals surface area (Å²) in [4.78, 5) is 19.0. The molecule has 0 unspecified atom stereocenters. The minimum Gasteiger partial charge on any atom is -0.495 e. The van der Waals surface area contributed by atoms with Crippen molar-refractivity contribution < 1.29 is 14.3 Å². The Hall–Kier alpha value is -3.73. The topological polar surface area (TPSA) is 80.7 Å². The number of hydrogen-bond acceptors (Lipinski definition) is 5. The summed E-state index contributed by atoms with van der Waals surface area (Å²) in [6, 6.07) is 23.2. The third kappa shape index (κ3) is 5.15. The van der Waals surface area contributed by atoms with E-state index in [9.17, 15) is 4.79 Å². The molecule has 1 saturated heterocycles. The fourth-order valence-electron chi connectivity index (χ4n) is 4.69. The Morgan fingerprint density at radius 1 is 1.08 bits per heavy atom. The van der Waals surface area contributed by atoms with Crippen LogP contribution in [0.2, 0.25) is 0 Å². The normalized spacial score (nSPS) is 16.8. The van der Waals surface area contributed by atoms with Crippen LogP contribution in [0.1, 0.15) is 23.5 Å². The summed E-state index contributed by atoms with van der Waals surface area (Å²) in [5, 5.41) is 6.91. The van der Waals surface area contributed by atoms with Gasteiger partial charge in [-0.25, -0.2) is 0 Å². The van der Waals surface area contributed by atoms with E-state index in [1.165, 1.54) is 7.11 Å². The number of benzene rings is 2. The molecule has 1 fully saturated rings. The highest BCUT2D eigenvalue weighted by Gasteiger charge is 2.42. The van der Waals surface area contributed by atoms with Gasteiger partial charge in [0.05, 0.1) is 24.5 Å².